The van der Waals surface area contributed by atoms with E-state index in [-0.39, 0.29) is 18.1 Å². The smallest absolute Gasteiger partial charge is 0.325 e. The van der Waals surface area contributed by atoms with E-state index >= 15 is 0 Å². The Balaban J connectivity index is 1.73. The molecule has 0 atom stereocenters. The molecule has 2 rings (SSSR count). The number of rotatable bonds is 6. The van der Waals surface area contributed by atoms with Crippen LogP contribution in [0.1, 0.15) is 10.5 Å². The molecule has 1 aliphatic rings. The summed E-state index contributed by atoms with van der Waals surface area (Å²) in [5, 5.41) is 18.5. The summed E-state index contributed by atoms with van der Waals surface area (Å²) < 4.78 is 6.34. The van der Waals surface area contributed by atoms with Gasteiger partial charge in [-0.15, -0.1) is 5.10 Å². The summed E-state index contributed by atoms with van der Waals surface area (Å²) in [6, 6.07) is 0. The molecule has 1 saturated heterocycles. The third-order valence-electron chi connectivity index (χ3n) is 2.89. The van der Waals surface area contributed by atoms with Gasteiger partial charge in [0.25, 0.3) is 5.91 Å². The highest BCUT2D eigenvalue weighted by Crippen LogP contribution is 1.96. The molecule has 1 aliphatic heterocycles. The number of ether oxygens (including phenoxy) is 1. The summed E-state index contributed by atoms with van der Waals surface area (Å²) in [5.41, 5.74) is 0.119. The van der Waals surface area contributed by atoms with Crippen LogP contribution in [0, 0.1) is 0 Å². The maximum atomic E-state index is 11.8. The van der Waals surface area contributed by atoms with Gasteiger partial charge < -0.3 is 15.2 Å². The fraction of sp³-hybridized carbons (Fsp3) is 0.636. The molecule has 9 nitrogen and oxygen atoms in total. The highest BCUT2D eigenvalue weighted by molar-refractivity contribution is 5.91. The minimum atomic E-state index is -1.03. The second-order valence-electron chi connectivity index (χ2n) is 4.41. The van der Waals surface area contributed by atoms with Crippen molar-refractivity contribution in [2.45, 2.75) is 6.54 Å². The molecule has 1 aromatic rings. The number of hydrogen-bond acceptors (Lipinski definition) is 6. The number of morpholine rings is 1. The van der Waals surface area contributed by atoms with E-state index in [0.29, 0.717) is 6.54 Å². The second-order valence-corrected chi connectivity index (χ2v) is 4.41. The number of hydrogen-bond donors (Lipinski definition) is 2. The van der Waals surface area contributed by atoms with Crippen molar-refractivity contribution in [1.29, 1.82) is 0 Å². The van der Waals surface area contributed by atoms with E-state index in [1.54, 1.807) is 0 Å². The van der Waals surface area contributed by atoms with Crippen LogP contribution in [0.25, 0.3) is 0 Å². The van der Waals surface area contributed by atoms with Gasteiger partial charge in [-0.1, -0.05) is 5.21 Å². The number of amides is 1. The van der Waals surface area contributed by atoms with Crippen molar-refractivity contribution in [2.24, 2.45) is 0 Å². The van der Waals surface area contributed by atoms with Crippen LogP contribution in [0.3, 0.4) is 0 Å². The number of carbonyl (C=O) groups is 2. The molecular formula is C11H17N5O4. The first kappa shape index (κ1) is 14.4. The molecule has 0 aliphatic carbocycles. The lowest BCUT2D eigenvalue weighted by atomic mass is 10.4. The summed E-state index contributed by atoms with van der Waals surface area (Å²) in [6.07, 6.45) is 1.32. The van der Waals surface area contributed by atoms with Crippen molar-refractivity contribution in [3.05, 3.63) is 11.9 Å². The largest absolute Gasteiger partial charge is 0.480 e. The number of carboxylic acids is 1. The molecule has 9 heteroatoms. The topological polar surface area (TPSA) is 110 Å². The SMILES string of the molecule is O=C(O)Cn1cc(C(=O)NCCN2CCOCC2)nn1. The van der Waals surface area contributed by atoms with Crippen LogP contribution in [0.15, 0.2) is 6.20 Å². The molecule has 0 bridgehead atoms. The summed E-state index contributed by atoms with van der Waals surface area (Å²) in [4.78, 5) is 24.5. The van der Waals surface area contributed by atoms with E-state index in [1.165, 1.54) is 6.20 Å². The third kappa shape index (κ3) is 4.28. The molecule has 0 aromatic carbocycles. The van der Waals surface area contributed by atoms with E-state index in [9.17, 15) is 9.59 Å². The van der Waals surface area contributed by atoms with Gasteiger partial charge in [-0.2, -0.15) is 0 Å². The van der Waals surface area contributed by atoms with Crippen LogP contribution in [0.5, 0.6) is 0 Å². The minimum absolute atomic E-state index is 0.119. The molecule has 2 heterocycles. The molecule has 1 aromatic heterocycles. The molecular weight excluding hydrogens is 266 g/mol. The molecule has 0 spiro atoms. The van der Waals surface area contributed by atoms with Crippen LogP contribution in [0.2, 0.25) is 0 Å². The molecule has 0 radical (unpaired) electrons. The Morgan fingerprint density at radius 3 is 2.85 bits per heavy atom. The Morgan fingerprint density at radius 1 is 1.40 bits per heavy atom. The standard InChI is InChI=1S/C11H17N5O4/c17-10(18)8-16-7-9(13-14-16)11(19)12-1-2-15-3-5-20-6-4-15/h7H,1-6,8H2,(H,12,19)(H,17,18). The maximum Gasteiger partial charge on any atom is 0.325 e. The zero-order valence-corrected chi connectivity index (χ0v) is 11.0. The van der Waals surface area contributed by atoms with Crippen molar-refractivity contribution in [3.8, 4) is 0 Å². The van der Waals surface area contributed by atoms with Crippen LogP contribution >= 0.6 is 0 Å². The first-order valence-electron chi connectivity index (χ1n) is 6.35. The summed E-state index contributed by atoms with van der Waals surface area (Å²) >= 11 is 0. The van der Waals surface area contributed by atoms with E-state index in [1.807, 2.05) is 0 Å². The minimum Gasteiger partial charge on any atom is -0.480 e. The number of aromatic nitrogens is 3. The highest BCUT2D eigenvalue weighted by atomic mass is 16.5. The van der Waals surface area contributed by atoms with Crippen LogP contribution in [-0.4, -0.2) is 76.3 Å². The van der Waals surface area contributed by atoms with Crippen LogP contribution < -0.4 is 5.32 Å². The van der Waals surface area contributed by atoms with Gasteiger partial charge in [0.1, 0.15) is 6.54 Å². The Morgan fingerprint density at radius 2 is 2.15 bits per heavy atom. The normalized spacial score (nSPS) is 16.0. The average molecular weight is 283 g/mol. The molecule has 1 fully saturated rings. The Labute approximate surface area is 115 Å². The van der Waals surface area contributed by atoms with Gasteiger partial charge in [-0.25, -0.2) is 4.68 Å². The number of carboxylic acid groups (broad SMARTS) is 1. The fourth-order valence-corrected chi connectivity index (χ4v) is 1.86. The average Bonchev–Trinajstić information content (AvgIpc) is 2.87. The van der Waals surface area contributed by atoms with E-state index in [4.69, 9.17) is 9.84 Å². The first-order chi connectivity index (χ1) is 9.65. The van der Waals surface area contributed by atoms with E-state index in [2.05, 4.69) is 20.5 Å². The molecule has 1 amide bonds. The van der Waals surface area contributed by atoms with Gasteiger partial charge >= 0.3 is 5.97 Å². The van der Waals surface area contributed by atoms with Crippen molar-refractivity contribution in [1.82, 2.24) is 25.2 Å². The predicted molar refractivity (Wildman–Crippen MR) is 67.3 cm³/mol. The lowest BCUT2D eigenvalue weighted by Crippen LogP contribution is -2.41. The van der Waals surface area contributed by atoms with Crippen molar-refractivity contribution < 1.29 is 19.4 Å². The van der Waals surface area contributed by atoms with E-state index in [0.717, 1.165) is 37.5 Å². The number of aliphatic carboxylic acids is 1. The Bertz CT molecular complexity index is 469. The number of nitrogens with one attached hydrogen (secondary N) is 1. The lowest BCUT2D eigenvalue weighted by Gasteiger charge is -2.26. The van der Waals surface area contributed by atoms with Gasteiger partial charge in [0.05, 0.1) is 19.4 Å². The zero-order chi connectivity index (χ0) is 14.4. The van der Waals surface area contributed by atoms with Gasteiger partial charge in [0.15, 0.2) is 5.69 Å². The second kappa shape index (κ2) is 6.96. The van der Waals surface area contributed by atoms with Crippen LogP contribution in [-0.2, 0) is 16.1 Å². The quantitative estimate of drug-likeness (QED) is 0.648. The monoisotopic (exact) mass is 283 g/mol. The molecule has 0 unspecified atom stereocenters. The van der Waals surface area contributed by atoms with Crippen molar-refractivity contribution in [2.75, 3.05) is 39.4 Å². The summed E-state index contributed by atoms with van der Waals surface area (Å²) in [7, 11) is 0. The van der Waals surface area contributed by atoms with Gasteiger partial charge in [0, 0.05) is 26.2 Å². The summed E-state index contributed by atoms with van der Waals surface area (Å²) in [6.45, 7) is 4.11. The summed E-state index contributed by atoms with van der Waals surface area (Å²) in [5.74, 6) is -1.39. The highest BCUT2D eigenvalue weighted by Gasteiger charge is 2.13. The van der Waals surface area contributed by atoms with Gasteiger partial charge in [-0.3, -0.25) is 14.5 Å². The van der Waals surface area contributed by atoms with E-state index < -0.39 is 5.97 Å². The zero-order valence-electron chi connectivity index (χ0n) is 11.0. The van der Waals surface area contributed by atoms with Crippen LogP contribution in [0.4, 0.5) is 0 Å². The molecule has 2 N–H and O–H groups in total. The first-order valence-corrected chi connectivity index (χ1v) is 6.35. The Kier molecular flexibility index (Phi) is 5.02. The number of nitrogens with zero attached hydrogens (tertiary/aromatic N) is 4. The van der Waals surface area contributed by atoms with Gasteiger partial charge in [0.2, 0.25) is 0 Å². The maximum absolute atomic E-state index is 11.8. The lowest BCUT2D eigenvalue weighted by molar-refractivity contribution is -0.137. The molecule has 20 heavy (non-hydrogen) atoms. The van der Waals surface area contributed by atoms with Crippen molar-refractivity contribution in [3.63, 3.8) is 0 Å². The predicted octanol–water partition coefficient (Wildman–Crippen LogP) is -1.58. The Hall–Kier alpha value is -2.00. The molecule has 110 valence electrons. The third-order valence-corrected chi connectivity index (χ3v) is 2.89. The number of carbonyl (C=O) groups excluding carboxylic acids is 1. The molecule has 0 saturated carbocycles. The fourth-order valence-electron chi connectivity index (χ4n) is 1.86. The van der Waals surface area contributed by atoms with Gasteiger partial charge in [-0.05, 0) is 0 Å². The van der Waals surface area contributed by atoms with Crippen molar-refractivity contribution >= 4 is 11.9 Å².